The smallest absolute Gasteiger partial charge is 0.276 e. The Hall–Kier alpha value is -1.77. The van der Waals surface area contributed by atoms with Crippen molar-refractivity contribution in [2.75, 3.05) is 0 Å². The Morgan fingerprint density at radius 2 is 2.13 bits per heavy atom. The van der Waals surface area contributed by atoms with Crippen molar-refractivity contribution in [1.29, 1.82) is 0 Å². The number of halogens is 2. The van der Waals surface area contributed by atoms with Gasteiger partial charge in [-0.2, -0.15) is 10.2 Å². The highest BCUT2D eigenvalue weighted by atomic mass is 79.9. The fourth-order valence-corrected chi connectivity index (χ4v) is 3.60. The molecule has 0 bridgehead atoms. The van der Waals surface area contributed by atoms with Gasteiger partial charge >= 0.3 is 0 Å². The number of hydrazone groups is 1. The van der Waals surface area contributed by atoms with Crippen LogP contribution >= 0.6 is 43.2 Å². The first-order valence-electron chi connectivity index (χ1n) is 6.52. The number of hydrogen-bond acceptors (Lipinski definition) is 4. The zero-order chi connectivity index (χ0) is 16.2. The summed E-state index contributed by atoms with van der Waals surface area (Å²) in [5.74, 6) is -0.366. The minimum Gasteiger partial charge on any atom is -0.276 e. The highest BCUT2D eigenvalue weighted by Crippen LogP contribution is 2.30. The van der Waals surface area contributed by atoms with Gasteiger partial charge in [-0.25, -0.2) is 5.43 Å². The summed E-state index contributed by atoms with van der Waals surface area (Å²) in [5, 5.41) is 10.8. The Bertz CT molecular complexity index is 872. The summed E-state index contributed by atoms with van der Waals surface area (Å²) in [5.41, 5.74) is 4.43. The van der Waals surface area contributed by atoms with E-state index in [4.69, 9.17) is 0 Å². The number of nitrogens with zero attached hydrogens (tertiary/aromatic N) is 2. The van der Waals surface area contributed by atoms with E-state index in [1.807, 2.05) is 36.4 Å². The van der Waals surface area contributed by atoms with E-state index < -0.39 is 0 Å². The lowest BCUT2D eigenvalue weighted by molar-refractivity contribution is 0.0950. The second-order valence-corrected chi connectivity index (χ2v) is 7.90. The number of benzene rings is 1. The fraction of sp³-hybridized carbons (Fsp3) is 0. The van der Waals surface area contributed by atoms with Crippen LogP contribution in [0.2, 0.25) is 0 Å². The molecular weight excluding hydrogens is 444 g/mol. The van der Waals surface area contributed by atoms with Crippen LogP contribution < -0.4 is 5.43 Å². The lowest BCUT2D eigenvalue weighted by Crippen LogP contribution is -2.17. The topological polar surface area (TPSA) is 70.1 Å². The van der Waals surface area contributed by atoms with Crippen molar-refractivity contribution in [2.24, 2.45) is 5.10 Å². The second kappa shape index (κ2) is 7.20. The van der Waals surface area contributed by atoms with Gasteiger partial charge in [-0.05, 0) is 51.8 Å². The van der Waals surface area contributed by atoms with Crippen LogP contribution in [0.4, 0.5) is 0 Å². The molecule has 3 aromatic rings. The molecule has 1 aromatic carbocycles. The highest BCUT2D eigenvalue weighted by Gasteiger charge is 2.11. The number of H-pyrrole nitrogens is 1. The molecule has 0 aliphatic heterocycles. The van der Waals surface area contributed by atoms with Gasteiger partial charge in [0.2, 0.25) is 0 Å². The lowest BCUT2D eigenvalue weighted by atomic mass is 10.2. The predicted octanol–water partition coefficient (Wildman–Crippen LogP) is 4.43. The third kappa shape index (κ3) is 4.15. The molecule has 2 aromatic heterocycles. The van der Waals surface area contributed by atoms with Crippen molar-refractivity contribution < 1.29 is 4.79 Å². The Morgan fingerprint density at radius 3 is 2.87 bits per heavy atom. The summed E-state index contributed by atoms with van der Waals surface area (Å²) in [4.78, 5) is 13.0. The quantitative estimate of drug-likeness (QED) is 0.453. The molecule has 5 nitrogen and oxygen atoms in total. The maximum atomic E-state index is 12.0. The van der Waals surface area contributed by atoms with E-state index in [9.17, 15) is 4.79 Å². The molecule has 0 fully saturated rings. The summed E-state index contributed by atoms with van der Waals surface area (Å²) in [6.07, 6.45) is 1.58. The van der Waals surface area contributed by atoms with Crippen molar-refractivity contribution in [1.82, 2.24) is 15.6 Å². The third-order valence-corrected chi connectivity index (χ3v) is 5.03. The molecule has 23 heavy (non-hydrogen) atoms. The van der Waals surface area contributed by atoms with E-state index in [1.165, 1.54) is 0 Å². The third-order valence-electron chi connectivity index (χ3n) is 2.88. The van der Waals surface area contributed by atoms with Gasteiger partial charge in [0.1, 0.15) is 0 Å². The van der Waals surface area contributed by atoms with E-state index >= 15 is 0 Å². The number of amides is 1. The second-order valence-electron chi connectivity index (χ2n) is 4.52. The van der Waals surface area contributed by atoms with Crippen molar-refractivity contribution in [3.05, 3.63) is 62.0 Å². The Kier molecular flexibility index (Phi) is 5.04. The summed E-state index contributed by atoms with van der Waals surface area (Å²) >= 11 is 8.35. The van der Waals surface area contributed by atoms with Crippen molar-refractivity contribution in [2.45, 2.75) is 0 Å². The van der Waals surface area contributed by atoms with Crippen LogP contribution in [0.15, 0.2) is 55.8 Å². The van der Waals surface area contributed by atoms with Crippen LogP contribution in [0.1, 0.15) is 16.1 Å². The Labute approximate surface area is 153 Å². The molecule has 0 aliphatic rings. The highest BCUT2D eigenvalue weighted by molar-refractivity contribution is 9.11. The molecule has 116 valence electrons. The number of aromatic nitrogens is 2. The molecule has 3 rings (SSSR count). The van der Waals surface area contributed by atoms with Crippen LogP contribution in [-0.2, 0) is 0 Å². The van der Waals surface area contributed by atoms with Gasteiger partial charge in [0, 0.05) is 4.47 Å². The molecule has 8 heteroatoms. The Balaban J connectivity index is 1.66. The van der Waals surface area contributed by atoms with E-state index in [0.717, 1.165) is 24.4 Å². The molecule has 2 N–H and O–H groups in total. The lowest BCUT2D eigenvalue weighted by Gasteiger charge is -1.96. The summed E-state index contributed by atoms with van der Waals surface area (Å²) in [7, 11) is 0. The minimum atomic E-state index is -0.366. The molecule has 0 aliphatic carbocycles. The predicted molar refractivity (Wildman–Crippen MR) is 98.8 cm³/mol. The van der Waals surface area contributed by atoms with Crippen LogP contribution in [0.5, 0.6) is 0 Å². The van der Waals surface area contributed by atoms with Gasteiger partial charge in [0.15, 0.2) is 5.69 Å². The summed E-state index contributed by atoms with van der Waals surface area (Å²) in [6, 6.07) is 13.2. The molecule has 1 amide bonds. The largest absolute Gasteiger partial charge is 0.291 e. The number of thiophene rings is 1. The molecule has 0 atom stereocenters. The van der Waals surface area contributed by atoms with Gasteiger partial charge in [-0.15, -0.1) is 11.3 Å². The molecule has 2 heterocycles. The minimum absolute atomic E-state index is 0.288. The number of nitrogens with one attached hydrogen (secondary N) is 2. The maximum absolute atomic E-state index is 12.0. The molecule has 0 unspecified atom stereocenters. The van der Waals surface area contributed by atoms with Gasteiger partial charge in [-0.1, -0.05) is 28.1 Å². The first-order valence-corrected chi connectivity index (χ1v) is 8.92. The van der Waals surface area contributed by atoms with Crippen LogP contribution in [-0.4, -0.2) is 22.3 Å². The Morgan fingerprint density at radius 1 is 1.26 bits per heavy atom. The van der Waals surface area contributed by atoms with Gasteiger partial charge in [0.25, 0.3) is 5.91 Å². The average Bonchev–Trinajstić information content (AvgIpc) is 3.16. The number of carbonyl (C=O) groups is 1. The summed E-state index contributed by atoms with van der Waals surface area (Å²) in [6.45, 7) is 0. The van der Waals surface area contributed by atoms with Gasteiger partial charge in [0.05, 0.1) is 20.6 Å². The zero-order valence-electron chi connectivity index (χ0n) is 11.6. The van der Waals surface area contributed by atoms with Gasteiger partial charge < -0.3 is 0 Å². The van der Waals surface area contributed by atoms with E-state index in [1.54, 1.807) is 23.6 Å². The number of carbonyl (C=O) groups excluding carboxylic acids is 1. The van der Waals surface area contributed by atoms with Crippen LogP contribution in [0.25, 0.3) is 10.6 Å². The van der Waals surface area contributed by atoms with Crippen LogP contribution in [0, 0.1) is 0 Å². The molecule has 0 saturated carbocycles. The fourth-order valence-electron chi connectivity index (χ4n) is 1.83. The number of rotatable bonds is 4. The van der Waals surface area contributed by atoms with Crippen molar-refractivity contribution >= 4 is 55.3 Å². The normalized spacial score (nSPS) is 11.0. The number of aromatic amines is 1. The first-order chi connectivity index (χ1) is 11.1. The first kappa shape index (κ1) is 16.1. The molecular formula is C15H10Br2N4OS. The molecule has 0 radical (unpaired) electrons. The van der Waals surface area contributed by atoms with E-state index in [2.05, 4.69) is 52.6 Å². The van der Waals surface area contributed by atoms with Crippen molar-refractivity contribution in [3.8, 4) is 10.6 Å². The molecule has 0 saturated heterocycles. The van der Waals surface area contributed by atoms with E-state index in [0.29, 0.717) is 0 Å². The number of hydrogen-bond donors (Lipinski definition) is 2. The average molecular weight is 454 g/mol. The standard InChI is InChI=1S/C15H10Br2N4OS/c16-10-3-1-2-9(6-10)8-18-21-15(22)12-7-11(19-20-12)13-4-5-14(17)23-13/h1-8H,(H,19,20)(H,21,22)/b18-8+. The van der Waals surface area contributed by atoms with Gasteiger partial charge in [-0.3, -0.25) is 9.89 Å². The zero-order valence-corrected chi connectivity index (χ0v) is 15.6. The summed E-state index contributed by atoms with van der Waals surface area (Å²) < 4.78 is 1.97. The SMILES string of the molecule is O=C(N/N=C/c1cccc(Br)c1)c1cc(-c2ccc(Br)s2)[nH]n1. The van der Waals surface area contributed by atoms with E-state index in [-0.39, 0.29) is 11.6 Å². The van der Waals surface area contributed by atoms with Crippen molar-refractivity contribution in [3.63, 3.8) is 0 Å². The molecule has 0 spiro atoms. The monoisotopic (exact) mass is 452 g/mol. The maximum Gasteiger partial charge on any atom is 0.291 e. The van der Waals surface area contributed by atoms with Crippen LogP contribution in [0.3, 0.4) is 0 Å².